The van der Waals surface area contributed by atoms with Crippen LogP contribution in [0.15, 0.2) is 40.9 Å². The van der Waals surface area contributed by atoms with Crippen LogP contribution in [0.25, 0.3) is 22.2 Å². The van der Waals surface area contributed by atoms with Crippen LogP contribution in [0.2, 0.25) is 0 Å². The van der Waals surface area contributed by atoms with Crippen molar-refractivity contribution in [1.82, 2.24) is 14.7 Å². The lowest BCUT2D eigenvalue weighted by atomic mass is 9.62. The number of fused-ring (bicyclic) bond motifs is 4. The molecule has 1 aliphatic heterocycles. The Balaban J connectivity index is 1.42. The molecule has 4 aliphatic rings. The van der Waals surface area contributed by atoms with E-state index in [0.29, 0.717) is 24.9 Å². The first kappa shape index (κ1) is 26.3. The summed E-state index contributed by atoms with van der Waals surface area (Å²) in [5, 5.41) is 4.14. The van der Waals surface area contributed by atoms with Crippen LogP contribution < -0.4 is 4.90 Å². The quantitative estimate of drug-likeness (QED) is 0.256. The van der Waals surface area contributed by atoms with E-state index in [1.54, 1.807) is 4.90 Å². The Bertz CT molecular complexity index is 1630. The Morgan fingerprint density at radius 3 is 2.41 bits per heavy atom. The van der Waals surface area contributed by atoms with Gasteiger partial charge in [0.25, 0.3) is 0 Å². The standard InChI is InChI=1S/C32H34F2N4O3/c1-19-29(20(2)41-36-19)21-7-10-26-25(17-21)35-30(38(26)31-11-14-32(40-3,15-12-31)16-13-31)27-5-4-6-28(39)37(27)22-8-9-23(33)24(34)18-22/h7-10,17-18,27H,4-6,11-16H2,1-3H3/t27-,31?,32?/m1/s1. The lowest BCUT2D eigenvalue weighted by Gasteiger charge is -2.54. The molecule has 41 heavy (non-hydrogen) atoms. The van der Waals surface area contributed by atoms with Gasteiger partial charge in [-0.1, -0.05) is 11.2 Å². The molecule has 3 saturated carbocycles. The molecule has 4 fully saturated rings. The van der Waals surface area contributed by atoms with Crippen LogP contribution >= 0.6 is 0 Å². The second-order valence-electron chi connectivity index (χ2n) is 12.1. The number of anilines is 1. The van der Waals surface area contributed by atoms with Gasteiger partial charge in [0.2, 0.25) is 5.91 Å². The van der Waals surface area contributed by atoms with Gasteiger partial charge in [0, 0.05) is 36.4 Å². The summed E-state index contributed by atoms with van der Waals surface area (Å²) in [6.07, 6.45) is 7.51. The summed E-state index contributed by atoms with van der Waals surface area (Å²) in [5.41, 5.74) is 4.75. The van der Waals surface area contributed by atoms with Crippen LogP contribution in [0.1, 0.15) is 81.1 Å². The third-order valence-corrected chi connectivity index (χ3v) is 9.98. The molecule has 0 N–H and O–H groups in total. The molecule has 8 rings (SSSR count). The number of halogens is 2. The van der Waals surface area contributed by atoms with Crippen LogP contribution in [-0.4, -0.2) is 33.3 Å². The van der Waals surface area contributed by atoms with Gasteiger partial charge in [-0.2, -0.15) is 0 Å². The molecular weight excluding hydrogens is 526 g/mol. The zero-order chi connectivity index (χ0) is 28.5. The smallest absolute Gasteiger partial charge is 0.227 e. The number of amides is 1. The Hall–Kier alpha value is -3.59. The minimum Gasteiger partial charge on any atom is -0.378 e. The number of aryl methyl sites for hydroxylation is 2. The number of piperidine rings is 1. The maximum Gasteiger partial charge on any atom is 0.227 e. The first-order valence-corrected chi connectivity index (χ1v) is 14.5. The Morgan fingerprint density at radius 2 is 1.76 bits per heavy atom. The fourth-order valence-corrected chi connectivity index (χ4v) is 7.72. The van der Waals surface area contributed by atoms with Crippen LogP contribution in [0.5, 0.6) is 0 Å². The lowest BCUT2D eigenvalue weighted by Crippen LogP contribution is -2.53. The van der Waals surface area contributed by atoms with Gasteiger partial charge in [-0.15, -0.1) is 0 Å². The van der Waals surface area contributed by atoms with Crippen LogP contribution in [0.3, 0.4) is 0 Å². The number of methoxy groups -OCH3 is 1. The van der Waals surface area contributed by atoms with E-state index >= 15 is 0 Å². The zero-order valence-corrected chi connectivity index (χ0v) is 23.7. The molecule has 1 saturated heterocycles. The summed E-state index contributed by atoms with van der Waals surface area (Å²) in [7, 11) is 1.82. The maximum absolute atomic E-state index is 14.4. The second-order valence-corrected chi connectivity index (χ2v) is 12.1. The van der Waals surface area contributed by atoms with E-state index in [-0.39, 0.29) is 17.0 Å². The van der Waals surface area contributed by atoms with Gasteiger partial charge in [0.05, 0.1) is 28.4 Å². The molecule has 3 heterocycles. The summed E-state index contributed by atoms with van der Waals surface area (Å²) >= 11 is 0. The molecule has 2 bridgehead atoms. The van der Waals surface area contributed by atoms with Crippen molar-refractivity contribution < 1.29 is 22.8 Å². The number of rotatable bonds is 5. The fraction of sp³-hybridized carbons (Fsp3) is 0.469. The summed E-state index contributed by atoms with van der Waals surface area (Å²) in [5.74, 6) is -0.450. The average molecular weight is 561 g/mol. The first-order valence-electron chi connectivity index (χ1n) is 14.5. The number of carbonyl (C=O) groups excluding carboxylic acids is 1. The number of aromatic nitrogens is 3. The van der Waals surface area contributed by atoms with Gasteiger partial charge < -0.3 is 18.7 Å². The molecule has 1 atom stereocenters. The van der Waals surface area contributed by atoms with E-state index < -0.39 is 17.7 Å². The molecular formula is C32H34F2N4O3. The van der Waals surface area contributed by atoms with Gasteiger partial charge in [-0.05, 0) is 95.0 Å². The molecule has 2 aromatic carbocycles. The normalized spacial score (nSPS) is 26.3. The number of nitrogens with zero attached hydrogens (tertiary/aromatic N) is 4. The topological polar surface area (TPSA) is 73.4 Å². The highest BCUT2D eigenvalue weighted by molar-refractivity contribution is 5.95. The Labute approximate surface area is 237 Å². The molecule has 0 spiro atoms. The largest absolute Gasteiger partial charge is 0.378 e. The van der Waals surface area contributed by atoms with Gasteiger partial charge in [-0.3, -0.25) is 4.79 Å². The maximum atomic E-state index is 14.4. The number of benzene rings is 2. The van der Waals surface area contributed by atoms with Crippen molar-refractivity contribution in [3.05, 3.63) is 65.3 Å². The van der Waals surface area contributed by atoms with Crippen LogP contribution in [0.4, 0.5) is 14.5 Å². The SMILES string of the molecule is COC12CCC(n3c([C@H]4CCCC(=O)N4c4ccc(F)c(F)c4)nc4cc(-c5c(C)noc5C)ccc43)(CC1)CC2. The van der Waals surface area contributed by atoms with E-state index in [1.807, 2.05) is 21.0 Å². The van der Waals surface area contributed by atoms with Gasteiger partial charge >= 0.3 is 0 Å². The van der Waals surface area contributed by atoms with Crippen molar-refractivity contribution in [2.24, 2.45) is 0 Å². The van der Waals surface area contributed by atoms with Crippen molar-refractivity contribution in [1.29, 1.82) is 0 Å². The lowest BCUT2D eigenvalue weighted by molar-refractivity contribution is -0.120. The van der Waals surface area contributed by atoms with Crippen LogP contribution in [0, 0.1) is 25.5 Å². The molecule has 0 radical (unpaired) electrons. The van der Waals surface area contributed by atoms with E-state index in [1.165, 1.54) is 6.07 Å². The van der Waals surface area contributed by atoms with Gasteiger partial charge in [0.15, 0.2) is 11.6 Å². The molecule has 3 aliphatic carbocycles. The summed E-state index contributed by atoms with van der Waals surface area (Å²) in [4.78, 5) is 20.3. The summed E-state index contributed by atoms with van der Waals surface area (Å²) in [6, 6.07) is 9.61. The number of ether oxygens (including phenoxy) is 1. The number of hydrogen-bond acceptors (Lipinski definition) is 5. The molecule has 4 aromatic rings. The summed E-state index contributed by atoms with van der Waals surface area (Å²) in [6.45, 7) is 3.83. The van der Waals surface area contributed by atoms with Crippen molar-refractivity contribution in [2.45, 2.75) is 88.8 Å². The Kier molecular flexibility index (Phi) is 6.08. The molecule has 0 unspecified atom stereocenters. The predicted octanol–water partition coefficient (Wildman–Crippen LogP) is 7.29. The summed E-state index contributed by atoms with van der Waals surface area (Å²) < 4.78 is 42.1. The number of hydrogen-bond donors (Lipinski definition) is 0. The third kappa shape index (κ3) is 4.03. The predicted molar refractivity (Wildman–Crippen MR) is 151 cm³/mol. The van der Waals surface area contributed by atoms with E-state index in [4.69, 9.17) is 14.2 Å². The average Bonchev–Trinajstić information content (AvgIpc) is 3.54. The molecule has 2 aromatic heterocycles. The highest BCUT2D eigenvalue weighted by atomic mass is 19.2. The Morgan fingerprint density at radius 1 is 1.00 bits per heavy atom. The molecule has 9 heteroatoms. The highest BCUT2D eigenvalue weighted by Crippen LogP contribution is 2.54. The second kappa shape index (κ2) is 9.48. The minimum absolute atomic E-state index is 0.0622. The van der Waals surface area contributed by atoms with Gasteiger partial charge in [-0.25, -0.2) is 13.8 Å². The monoisotopic (exact) mass is 560 g/mol. The van der Waals surface area contributed by atoms with Crippen molar-refractivity contribution in [3.8, 4) is 11.1 Å². The van der Waals surface area contributed by atoms with E-state index in [9.17, 15) is 13.6 Å². The number of imidazole rings is 1. The van der Waals surface area contributed by atoms with Crippen molar-refractivity contribution in [3.63, 3.8) is 0 Å². The zero-order valence-electron chi connectivity index (χ0n) is 23.7. The fourth-order valence-electron chi connectivity index (χ4n) is 7.72. The van der Waals surface area contributed by atoms with E-state index in [2.05, 4.69) is 27.9 Å². The molecule has 1 amide bonds. The molecule has 7 nitrogen and oxygen atoms in total. The first-order chi connectivity index (χ1) is 19.7. The van der Waals surface area contributed by atoms with Crippen molar-refractivity contribution >= 4 is 22.6 Å². The van der Waals surface area contributed by atoms with Gasteiger partial charge in [0.1, 0.15) is 11.6 Å². The molecule has 214 valence electrons. The van der Waals surface area contributed by atoms with E-state index in [0.717, 1.165) is 90.1 Å². The third-order valence-electron chi connectivity index (χ3n) is 9.98. The minimum atomic E-state index is -0.966. The highest BCUT2D eigenvalue weighted by Gasteiger charge is 2.52. The number of carbonyl (C=O) groups is 1. The van der Waals surface area contributed by atoms with Crippen LogP contribution in [-0.2, 0) is 15.1 Å². The van der Waals surface area contributed by atoms with Crippen molar-refractivity contribution in [2.75, 3.05) is 12.0 Å².